The molecule has 1 atom stereocenters. The number of hydrogen-bond acceptors (Lipinski definition) is 3. The minimum absolute atomic E-state index is 0.167. The molecule has 1 unspecified atom stereocenters. The fourth-order valence-corrected chi connectivity index (χ4v) is 2.78. The van der Waals surface area contributed by atoms with Crippen molar-refractivity contribution in [3.8, 4) is 17.2 Å². The number of benzene rings is 3. The highest BCUT2D eigenvalue weighted by Crippen LogP contribution is 2.29. The molecule has 0 aliphatic rings. The van der Waals surface area contributed by atoms with Gasteiger partial charge in [0.1, 0.15) is 17.2 Å². The first-order chi connectivity index (χ1) is 12.2. The molecule has 0 amide bonds. The number of hydrogen-bond donors (Lipinski definition) is 0. The maximum Gasteiger partial charge on any atom is 0.230 e. The summed E-state index contributed by atoms with van der Waals surface area (Å²) < 4.78 is 17.0. The van der Waals surface area contributed by atoms with Crippen molar-refractivity contribution in [1.29, 1.82) is 0 Å². The molecule has 0 aromatic heterocycles. The summed E-state index contributed by atoms with van der Waals surface area (Å²) >= 11 is 0. The minimum atomic E-state index is 0.167. The van der Waals surface area contributed by atoms with Crippen LogP contribution in [0.3, 0.4) is 0 Å². The summed E-state index contributed by atoms with van der Waals surface area (Å²) in [5.74, 6) is 2.95. The Bertz CT molecular complexity index is 842. The Balaban J connectivity index is 1.71. The van der Waals surface area contributed by atoms with Crippen LogP contribution in [0.15, 0.2) is 60.7 Å². The zero-order chi connectivity index (χ0) is 17.6. The lowest BCUT2D eigenvalue weighted by molar-refractivity contribution is 0.121. The van der Waals surface area contributed by atoms with Crippen molar-refractivity contribution in [3.63, 3.8) is 0 Å². The van der Waals surface area contributed by atoms with Gasteiger partial charge < -0.3 is 14.2 Å². The Morgan fingerprint density at radius 1 is 0.880 bits per heavy atom. The highest BCUT2D eigenvalue weighted by Gasteiger charge is 2.06. The largest absolute Gasteiger partial charge is 0.497 e. The van der Waals surface area contributed by atoms with Gasteiger partial charge in [0.25, 0.3) is 0 Å². The van der Waals surface area contributed by atoms with E-state index in [2.05, 4.69) is 32.0 Å². The molecule has 3 aromatic carbocycles. The predicted octanol–water partition coefficient (Wildman–Crippen LogP) is 5.78. The molecular formula is C22H24O3. The maximum atomic E-state index is 5.87. The number of rotatable bonds is 7. The molecule has 3 heteroatoms. The van der Waals surface area contributed by atoms with E-state index >= 15 is 0 Å². The van der Waals surface area contributed by atoms with Crippen molar-refractivity contribution in [3.05, 3.63) is 66.2 Å². The third kappa shape index (κ3) is 4.05. The van der Waals surface area contributed by atoms with E-state index in [-0.39, 0.29) is 6.79 Å². The van der Waals surface area contributed by atoms with E-state index in [0.717, 1.165) is 34.4 Å². The van der Waals surface area contributed by atoms with E-state index in [9.17, 15) is 0 Å². The lowest BCUT2D eigenvalue weighted by atomic mass is 9.99. The smallest absolute Gasteiger partial charge is 0.230 e. The van der Waals surface area contributed by atoms with Gasteiger partial charge in [-0.25, -0.2) is 0 Å². The van der Waals surface area contributed by atoms with Gasteiger partial charge in [-0.3, -0.25) is 0 Å². The molecule has 0 radical (unpaired) electrons. The molecule has 0 heterocycles. The average molecular weight is 336 g/mol. The third-order valence-electron chi connectivity index (χ3n) is 4.53. The molecule has 0 aliphatic carbocycles. The third-order valence-corrected chi connectivity index (χ3v) is 4.53. The first kappa shape index (κ1) is 17.2. The van der Waals surface area contributed by atoms with Gasteiger partial charge in [-0.05, 0) is 53.6 Å². The van der Waals surface area contributed by atoms with Gasteiger partial charge in [-0.15, -0.1) is 0 Å². The van der Waals surface area contributed by atoms with Crippen LogP contribution < -0.4 is 14.2 Å². The van der Waals surface area contributed by atoms with Crippen LogP contribution in [0.25, 0.3) is 10.8 Å². The van der Waals surface area contributed by atoms with E-state index < -0.39 is 0 Å². The monoisotopic (exact) mass is 336 g/mol. The second-order valence-electron chi connectivity index (χ2n) is 6.13. The molecule has 3 rings (SSSR count). The van der Waals surface area contributed by atoms with E-state index in [1.807, 2.05) is 42.5 Å². The first-order valence-corrected chi connectivity index (χ1v) is 8.63. The van der Waals surface area contributed by atoms with Crippen molar-refractivity contribution in [2.45, 2.75) is 26.2 Å². The lowest BCUT2D eigenvalue weighted by Gasteiger charge is -2.13. The molecule has 0 bridgehead atoms. The second-order valence-corrected chi connectivity index (χ2v) is 6.13. The molecule has 0 fully saturated rings. The van der Waals surface area contributed by atoms with Crippen LogP contribution in [-0.2, 0) is 0 Å². The van der Waals surface area contributed by atoms with Crippen LogP contribution in [0.4, 0.5) is 0 Å². The van der Waals surface area contributed by atoms with Gasteiger partial charge in [0, 0.05) is 5.39 Å². The second kappa shape index (κ2) is 7.93. The molecule has 0 saturated heterocycles. The van der Waals surface area contributed by atoms with Crippen LogP contribution >= 0.6 is 0 Å². The van der Waals surface area contributed by atoms with Crippen molar-refractivity contribution in [1.82, 2.24) is 0 Å². The highest BCUT2D eigenvalue weighted by atomic mass is 16.7. The number of ether oxygens (including phenoxy) is 3. The quantitative estimate of drug-likeness (QED) is 0.512. The Morgan fingerprint density at radius 3 is 2.52 bits per heavy atom. The van der Waals surface area contributed by atoms with Crippen LogP contribution in [0, 0.1) is 0 Å². The van der Waals surface area contributed by atoms with E-state index in [1.54, 1.807) is 7.11 Å². The molecule has 0 aliphatic heterocycles. The molecule has 0 saturated carbocycles. The summed E-state index contributed by atoms with van der Waals surface area (Å²) in [5, 5.41) is 2.12. The van der Waals surface area contributed by atoms with E-state index in [1.165, 1.54) is 5.56 Å². The normalized spacial score (nSPS) is 12.0. The fourth-order valence-electron chi connectivity index (χ4n) is 2.78. The van der Waals surface area contributed by atoms with Crippen LogP contribution in [-0.4, -0.2) is 13.9 Å². The average Bonchev–Trinajstić information content (AvgIpc) is 2.67. The summed E-state index contributed by atoms with van der Waals surface area (Å²) in [6, 6.07) is 20.1. The van der Waals surface area contributed by atoms with Crippen LogP contribution in [0.5, 0.6) is 17.2 Å². The van der Waals surface area contributed by atoms with Gasteiger partial charge in [0.05, 0.1) is 7.11 Å². The Kier molecular flexibility index (Phi) is 5.44. The minimum Gasteiger partial charge on any atom is -0.497 e. The van der Waals surface area contributed by atoms with Gasteiger partial charge in [0.2, 0.25) is 6.79 Å². The van der Waals surface area contributed by atoms with Gasteiger partial charge >= 0.3 is 0 Å². The first-order valence-electron chi connectivity index (χ1n) is 8.63. The standard InChI is InChI=1S/C22H24O3/c1-4-16(2)18-8-5-9-20(13-18)24-15-25-22-10-6-7-17-11-12-19(23-3)14-21(17)22/h5-14,16H,4,15H2,1-3H3. The summed E-state index contributed by atoms with van der Waals surface area (Å²) in [6.45, 7) is 4.58. The SMILES string of the molecule is CCC(C)c1cccc(OCOc2cccc3ccc(OC)cc23)c1. The molecule has 3 aromatic rings. The lowest BCUT2D eigenvalue weighted by Crippen LogP contribution is -2.06. The molecule has 130 valence electrons. The molecule has 3 nitrogen and oxygen atoms in total. The van der Waals surface area contributed by atoms with E-state index in [4.69, 9.17) is 14.2 Å². The van der Waals surface area contributed by atoms with Crippen molar-refractivity contribution >= 4 is 10.8 Å². The Labute approximate surface area is 149 Å². The molecular weight excluding hydrogens is 312 g/mol. The number of fused-ring (bicyclic) bond motifs is 1. The van der Waals surface area contributed by atoms with Gasteiger partial charge in [-0.2, -0.15) is 0 Å². The number of methoxy groups -OCH3 is 1. The zero-order valence-corrected chi connectivity index (χ0v) is 15.0. The van der Waals surface area contributed by atoms with Crippen molar-refractivity contribution in [2.75, 3.05) is 13.9 Å². The van der Waals surface area contributed by atoms with Crippen molar-refractivity contribution in [2.24, 2.45) is 0 Å². The molecule has 0 N–H and O–H groups in total. The summed E-state index contributed by atoms with van der Waals surface area (Å²) in [6.07, 6.45) is 1.11. The predicted molar refractivity (Wildman–Crippen MR) is 102 cm³/mol. The summed E-state index contributed by atoms with van der Waals surface area (Å²) in [5.41, 5.74) is 1.29. The fraction of sp³-hybridized carbons (Fsp3) is 0.273. The Morgan fingerprint density at radius 2 is 1.72 bits per heavy atom. The van der Waals surface area contributed by atoms with E-state index in [0.29, 0.717) is 5.92 Å². The zero-order valence-electron chi connectivity index (χ0n) is 15.0. The van der Waals surface area contributed by atoms with Crippen LogP contribution in [0.1, 0.15) is 31.7 Å². The Hall–Kier alpha value is -2.68. The molecule has 25 heavy (non-hydrogen) atoms. The summed E-state index contributed by atoms with van der Waals surface area (Å²) in [4.78, 5) is 0. The topological polar surface area (TPSA) is 27.7 Å². The van der Waals surface area contributed by atoms with Crippen LogP contribution in [0.2, 0.25) is 0 Å². The highest BCUT2D eigenvalue weighted by molar-refractivity contribution is 5.89. The van der Waals surface area contributed by atoms with Crippen molar-refractivity contribution < 1.29 is 14.2 Å². The molecule has 0 spiro atoms. The van der Waals surface area contributed by atoms with Gasteiger partial charge in [0.15, 0.2) is 0 Å². The van der Waals surface area contributed by atoms with Gasteiger partial charge in [-0.1, -0.05) is 44.2 Å². The maximum absolute atomic E-state index is 5.87. The summed E-state index contributed by atoms with van der Waals surface area (Å²) in [7, 11) is 1.66.